The molecule has 0 aliphatic carbocycles. The standard InChI is InChI=1S/C13H19NO4/c1-9-5-6-10(18-9)7-8-14(4)11(15)13(2,3)12(16)17/h5-6H,7-8H2,1-4H3,(H,16,17). The van der Waals surface area contributed by atoms with Crippen molar-refractivity contribution < 1.29 is 19.1 Å². The normalized spacial score (nSPS) is 11.3. The van der Waals surface area contributed by atoms with Crippen LogP contribution in [0.15, 0.2) is 16.5 Å². The van der Waals surface area contributed by atoms with Crippen molar-refractivity contribution >= 4 is 11.9 Å². The summed E-state index contributed by atoms with van der Waals surface area (Å²) in [7, 11) is 1.60. The van der Waals surface area contributed by atoms with E-state index in [1.54, 1.807) is 7.05 Å². The van der Waals surface area contributed by atoms with E-state index in [-0.39, 0.29) is 0 Å². The Kier molecular flexibility index (Phi) is 4.16. The number of hydrogen-bond acceptors (Lipinski definition) is 3. The molecule has 0 fully saturated rings. The number of nitrogens with zero attached hydrogens (tertiary/aromatic N) is 1. The number of furan rings is 1. The van der Waals surface area contributed by atoms with Gasteiger partial charge in [0.1, 0.15) is 16.9 Å². The first-order chi connectivity index (χ1) is 8.25. The lowest BCUT2D eigenvalue weighted by atomic mass is 9.92. The van der Waals surface area contributed by atoms with Gasteiger partial charge in [-0.3, -0.25) is 9.59 Å². The van der Waals surface area contributed by atoms with Gasteiger partial charge < -0.3 is 14.4 Å². The monoisotopic (exact) mass is 253 g/mol. The van der Waals surface area contributed by atoms with E-state index in [0.717, 1.165) is 11.5 Å². The van der Waals surface area contributed by atoms with Crippen LogP contribution in [0, 0.1) is 12.3 Å². The fraction of sp³-hybridized carbons (Fsp3) is 0.538. The minimum Gasteiger partial charge on any atom is -0.480 e. The van der Waals surface area contributed by atoms with E-state index in [0.29, 0.717) is 13.0 Å². The number of aryl methyl sites for hydroxylation is 1. The second-order valence-corrected chi connectivity index (χ2v) is 4.92. The molecule has 1 N–H and O–H groups in total. The predicted molar refractivity (Wildman–Crippen MR) is 66.2 cm³/mol. The van der Waals surface area contributed by atoms with Crippen LogP contribution in [0.2, 0.25) is 0 Å². The second-order valence-electron chi connectivity index (χ2n) is 4.92. The number of likely N-dealkylation sites (N-methyl/N-ethyl adjacent to an activating group) is 1. The molecule has 0 unspecified atom stereocenters. The molecule has 5 nitrogen and oxygen atoms in total. The van der Waals surface area contributed by atoms with Gasteiger partial charge in [0.05, 0.1) is 0 Å². The summed E-state index contributed by atoms with van der Waals surface area (Å²) in [6, 6.07) is 3.72. The molecule has 0 bridgehead atoms. The largest absolute Gasteiger partial charge is 0.480 e. The van der Waals surface area contributed by atoms with Crippen LogP contribution in [0.25, 0.3) is 0 Å². The van der Waals surface area contributed by atoms with E-state index < -0.39 is 17.3 Å². The minimum absolute atomic E-state index is 0.404. The van der Waals surface area contributed by atoms with Gasteiger partial charge in [-0.05, 0) is 32.9 Å². The maximum absolute atomic E-state index is 11.9. The van der Waals surface area contributed by atoms with Gasteiger partial charge in [0, 0.05) is 20.0 Å². The first kappa shape index (κ1) is 14.3. The van der Waals surface area contributed by atoms with E-state index in [4.69, 9.17) is 9.52 Å². The van der Waals surface area contributed by atoms with Gasteiger partial charge in [0.25, 0.3) is 0 Å². The third-order valence-corrected chi connectivity index (χ3v) is 2.91. The topological polar surface area (TPSA) is 70.8 Å². The fourth-order valence-electron chi connectivity index (χ4n) is 1.57. The first-order valence-electron chi connectivity index (χ1n) is 5.79. The van der Waals surface area contributed by atoms with Crippen molar-refractivity contribution in [1.82, 2.24) is 4.90 Å². The summed E-state index contributed by atoms with van der Waals surface area (Å²) < 4.78 is 5.39. The van der Waals surface area contributed by atoms with Gasteiger partial charge in [0.15, 0.2) is 0 Å². The molecule has 0 atom stereocenters. The number of hydrogen-bond donors (Lipinski definition) is 1. The van der Waals surface area contributed by atoms with Crippen LogP contribution in [0.4, 0.5) is 0 Å². The van der Waals surface area contributed by atoms with Gasteiger partial charge in [-0.25, -0.2) is 0 Å². The summed E-state index contributed by atoms with van der Waals surface area (Å²) in [6.07, 6.45) is 0.575. The number of carbonyl (C=O) groups excluding carboxylic acids is 1. The van der Waals surface area contributed by atoms with Gasteiger partial charge in [-0.15, -0.1) is 0 Å². The average molecular weight is 253 g/mol. The Balaban J connectivity index is 2.58. The molecule has 1 amide bonds. The molecule has 0 spiro atoms. The highest BCUT2D eigenvalue weighted by Gasteiger charge is 2.37. The SMILES string of the molecule is Cc1ccc(CCN(C)C(=O)C(C)(C)C(=O)O)o1. The van der Waals surface area contributed by atoms with Crippen molar-refractivity contribution in [2.45, 2.75) is 27.2 Å². The molecule has 5 heteroatoms. The molecule has 0 aromatic carbocycles. The first-order valence-corrected chi connectivity index (χ1v) is 5.79. The van der Waals surface area contributed by atoms with Crippen LogP contribution in [-0.4, -0.2) is 35.5 Å². The number of amides is 1. The minimum atomic E-state index is -1.40. The number of carboxylic acid groups (broad SMARTS) is 1. The molecule has 18 heavy (non-hydrogen) atoms. The van der Waals surface area contributed by atoms with Gasteiger partial charge in [0.2, 0.25) is 5.91 Å². The molecular formula is C13H19NO4. The van der Waals surface area contributed by atoms with Crippen LogP contribution in [0.1, 0.15) is 25.4 Å². The van der Waals surface area contributed by atoms with E-state index >= 15 is 0 Å². The van der Waals surface area contributed by atoms with Crippen LogP contribution in [0.3, 0.4) is 0 Å². The smallest absolute Gasteiger partial charge is 0.318 e. The Morgan fingerprint density at radius 3 is 2.44 bits per heavy atom. The van der Waals surface area contributed by atoms with E-state index in [1.165, 1.54) is 18.7 Å². The van der Waals surface area contributed by atoms with Crippen LogP contribution in [-0.2, 0) is 16.0 Å². The van der Waals surface area contributed by atoms with Crippen molar-refractivity contribution in [1.29, 1.82) is 0 Å². The van der Waals surface area contributed by atoms with Gasteiger partial charge in [-0.1, -0.05) is 0 Å². The molecule has 100 valence electrons. The summed E-state index contributed by atoms with van der Waals surface area (Å²) >= 11 is 0. The molecule has 0 aliphatic rings. The van der Waals surface area contributed by atoms with E-state index in [1.807, 2.05) is 19.1 Å². The lowest BCUT2D eigenvalue weighted by molar-refractivity contribution is -0.157. The van der Waals surface area contributed by atoms with Crippen LogP contribution in [0.5, 0.6) is 0 Å². The average Bonchev–Trinajstić information content (AvgIpc) is 2.70. The van der Waals surface area contributed by atoms with E-state index in [9.17, 15) is 9.59 Å². The third kappa shape index (κ3) is 3.12. The zero-order chi connectivity index (χ0) is 13.9. The summed E-state index contributed by atoms with van der Waals surface area (Å²) in [5, 5.41) is 8.98. The van der Waals surface area contributed by atoms with Crippen molar-refractivity contribution in [3.63, 3.8) is 0 Å². The Bertz CT molecular complexity index is 448. The highest BCUT2D eigenvalue weighted by atomic mass is 16.4. The lowest BCUT2D eigenvalue weighted by Crippen LogP contribution is -2.44. The molecule has 1 rings (SSSR count). The molecule has 0 radical (unpaired) electrons. The maximum Gasteiger partial charge on any atom is 0.318 e. The molecule has 0 saturated heterocycles. The highest BCUT2D eigenvalue weighted by Crippen LogP contribution is 2.18. The highest BCUT2D eigenvalue weighted by molar-refractivity contribution is 6.00. The zero-order valence-electron chi connectivity index (χ0n) is 11.2. The van der Waals surface area contributed by atoms with Crippen molar-refractivity contribution in [3.8, 4) is 0 Å². The molecule has 1 aromatic rings. The molecule has 0 saturated carbocycles. The Morgan fingerprint density at radius 1 is 1.39 bits per heavy atom. The number of carboxylic acids is 1. The summed E-state index contributed by atoms with van der Waals surface area (Å²) in [4.78, 5) is 24.3. The summed E-state index contributed by atoms with van der Waals surface area (Å²) in [5.41, 5.74) is -1.40. The predicted octanol–water partition coefficient (Wildman–Crippen LogP) is 1.70. The fourth-order valence-corrected chi connectivity index (χ4v) is 1.57. The van der Waals surface area contributed by atoms with E-state index in [2.05, 4.69) is 0 Å². The maximum atomic E-state index is 11.9. The number of aliphatic carboxylic acids is 1. The third-order valence-electron chi connectivity index (χ3n) is 2.91. The zero-order valence-corrected chi connectivity index (χ0v) is 11.2. The quantitative estimate of drug-likeness (QED) is 0.811. The summed E-state index contributed by atoms with van der Waals surface area (Å²) in [5.74, 6) is 0.0941. The summed E-state index contributed by atoms with van der Waals surface area (Å²) in [6.45, 7) is 5.10. The Labute approximate surface area is 106 Å². The number of rotatable bonds is 5. The molecular weight excluding hydrogens is 234 g/mol. The van der Waals surface area contributed by atoms with Crippen molar-refractivity contribution in [3.05, 3.63) is 23.7 Å². The molecule has 1 heterocycles. The molecule has 1 aromatic heterocycles. The van der Waals surface area contributed by atoms with Crippen molar-refractivity contribution in [2.75, 3.05) is 13.6 Å². The van der Waals surface area contributed by atoms with Gasteiger partial charge in [-0.2, -0.15) is 0 Å². The Hall–Kier alpha value is -1.78. The van der Waals surface area contributed by atoms with Crippen molar-refractivity contribution in [2.24, 2.45) is 5.41 Å². The Morgan fingerprint density at radius 2 is 2.00 bits per heavy atom. The number of carbonyl (C=O) groups is 2. The van der Waals surface area contributed by atoms with Crippen LogP contribution >= 0.6 is 0 Å². The van der Waals surface area contributed by atoms with Crippen LogP contribution < -0.4 is 0 Å². The molecule has 0 aliphatic heterocycles. The van der Waals surface area contributed by atoms with Gasteiger partial charge >= 0.3 is 5.97 Å². The lowest BCUT2D eigenvalue weighted by Gasteiger charge is -2.25. The second kappa shape index (κ2) is 5.25.